The van der Waals surface area contributed by atoms with Crippen LogP contribution in [0.5, 0.6) is 0 Å². The summed E-state index contributed by atoms with van der Waals surface area (Å²) < 4.78 is 0. The minimum Gasteiger partial charge on any atom is -0.389 e. The normalized spacial score (nSPS) is 14.3. The third-order valence-corrected chi connectivity index (χ3v) is 6.42. The number of carbonyl (C=O) groups is 1. The summed E-state index contributed by atoms with van der Waals surface area (Å²) in [6.07, 6.45) is 8.11. The Bertz CT molecular complexity index is 1480. The van der Waals surface area contributed by atoms with Gasteiger partial charge in [0.05, 0.1) is 34.9 Å². The number of amides is 1. The number of rotatable bonds is 8. The summed E-state index contributed by atoms with van der Waals surface area (Å²) in [5.41, 5.74) is 3.12. The van der Waals surface area contributed by atoms with Crippen molar-refractivity contribution in [1.82, 2.24) is 24.8 Å². The first-order valence-corrected chi connectivity index (χ1v) is 12.8. The number of para-hydroxylation sites is 1. The van der Waals surface area contributed by atoms with Gasteiger partial charge >= 0.3 is 0 Å². The van der Waals surface area contributed by atoms with Crippen LogP contribution in [0.2, 0.25) is 0 Å². The SMILES string of the molecule is C=CC(=O)Nc1cncc(-c2cccc3cnc(Nc4ccc(N5CCN(CC(C)(C)O)CC5)nc4)nc23)c1. The minimum atomic E-state index is -0.691. The molecule has 1 aromatic carbocycles. The van der Waals surface area contributed by atoms with Crippen LogP contribution in [0.15, 0.2) is 73.8 Å². The van der Waals surface area contributed by atoms with E-state index in [-0.39, 0.29) is 5.91 Å². The second-order valence-electron chi connectivity index (χ2n) is 10.2. The Kier molecular flexibility index (Phi) is 7.49. The summed E-state index contributed by atoms with van der Waals surface area (Å²) >= 11 is 0. The summed E-state index contributed by atoms with van der Waals surface area (Å²) in [6, 6.07) is 11.7. The molecule has 4 aromatic rings. The van der Waals surface area contributed by atoms with Gasteiger partial charge in [0.1, 0.15) is 5.82 Å². The van der Waals surface area contributed by atoms with Crippen molar-refractivity contribution in [3.05, 3.63) is 73.8 Å². The number of carbonyl (C=O) groups excluding carboxylic acids is 1. The summed E-state index contributed by atoms with van der Waals surface area (Å²) in [4.78, 5) is 34.5. The van der Waals surface area contributed by atoms with E-state index >= 15 is 0 Å². The number of aromatic nitrogens is 4. The molecule has 1 aliphatic rings. The van der Waals surface area contributed by atoms with Crippen molar-refractivity contribution in [2.24, 2.45) is 0 Å². The third-order valence-electron chi connectivity index (χ3n) is 6.42. The highest BCUT2D eigenvalue weighted by atomic mass is 16.3. The zero-order valence-electron chi connectivity index (χ0n) is 22.1. The molecule has 1 fully saturated rings. The molecule has 3 N–H and O–H groups in total. The first-order chi connectivity index (χ1) is 18.8. The largest absolute Gasteiger partial charge is 0.389 e. The molecular weight excluding hydrogens is 492 g/mol. The zero-order valence-corrected chi connectivity index (χ0v) is 22.1. The van der Waals surface area contributed by atoms with Gasteiger partial charge in [-0.2, -0.15) is 0 Å². The van der Waals surface area contributed by atoms with Crippen LogP contribution in [0.3, 0.4) is 0 Å². The first-order valence-electron chi connectivity index (χ1n) is 12.8. The van der Waals surface area contributed by atoms with Gasteiger partial charge in [-0.3, -0.25) is 14.7 Å². The third kappa shape index (κ3) is 6.54. The fraction of sp³-hybridized carbons (Fsp3) is 0.276. The van der Waals surface area contributed by atoms with E-state index in [0.717, 1.165) is 59.7 Å². The lowest BCUT2D eigenvalue weighted by Crippen LogP contribution is -2.50. The van der Waals surface area contributed by atoms with Crippen molar-refractivity contribution in [3.8, 4) is 11.1 Å². The topological polar surface area (TPSA) is 119 Å². The van der Waals surface area contributed by atoms with Crippen molar-refractivity contribution in [1.29, 1.82) is 0 Å². The minimum absolute atomic E-state index is 0.298. The van der Waals surface area contributed by atoms with Gasteiger partial charge in [0.25, 0.3) is 0 Å². The highest BCUT2D eigenvalue weighted by molar-refractivity contribution is 6.00. The second-order valence-corrected chi connectivity index (χ2v) is 10.2. The molecule has 10 heteroatoms. The molecule has 3 aromatic heterocycles. The molecule has 0 saturated carbocycles. The van der Waals surface area contributed by atoms with Crippen LogP contribution < -0.4 is 15.5 Å². The lowest BCUT2D eigenvalue weighted by atomic mass is 10.0. The number of fused-ring (bicyclic) bond motifs is 1. The van der Waals surface area contributed by atoms with Gasteiger partial charge in [-0.15, -0.1) is 0 Å². The monoisotopic (exact) mass is 524 g/mol. The van der Waals surface area contributed by atoms with Crippen LogP contribution >= 0.6 is 0 Å². The zero-order chi connectivity index (χ0) is 27.4. The molecule has 5 rings (SSSR count). The van der Waals surface area contributed by atoms with Crippen LogP contribution in [0.25, 0.3) is 22.0 Å². The number of hydrogen-bond donors (Lipinski definition) is 3. The van der Waals surface area contributed by atoms with Crippen molar-refractivity contribution >= 4 is 40.0 Å². The number of benzene rings is 1. The van der Waals surface area contributed by atoms with E-state index in [4.69, 9.17) is 4.98 Å². The number of piperazine rings is 1. The van der Waals surface area contributed by atoms with Gasteiger partial charge in [0, 0.05) is 61.6 Å². The molecule has 0 aliphatic carbocycles. The Balaban J connectivity index is 1.30. The molecule has 0 spiro atoms. The summed E-state index contributed by atoms with van der Waals surface area (Å²) in [5, 5.41) is 17.0. The number of nitrogens with one attached hydrogen (secondary N) is 2. The van der Waals surface area contributed by atoms with E-state index in [2.05, 4.69) is 42.0 Å². The molecule has 1 saturated heterocycles. The van der Waals surface area contributed by atoms with Gasteiger partial charge in [-0.25, -0.2) is 15.0 Å². The lowest BCUT2D eigenvalue weighted by Gasteiger charge is -2.37. The predicted molar refractivity (Wildman–Crippen MR) is 154 cm³/mol. The molecule has 0 radical (unpaired) electrons. The summed E-state index contributed by atoms with van der Waals surface area (Å²) in [6.45, 7) is 11.3. The summed E-state index contributed by atoms with van der Waals surface area (Å²) in [5.74, 6) is 1.07. The van der Waals surface area contributed by atoms with Gasteiger partial charge in [0.15, 0.2) is 0 Å². The number of aliphatic hydroxyl groups is 1. The maximum Gasteiger partial charge on any atom is 0.247 e. The quantitative estimate of drug-likeness (QED) is 0.295. The molecule has 39 heavy (non-hydrogen) atoms. The van der Waals surface area contributed by atoms with Crippen LogP contribution in [0, 0.1) is 0 Å². The number of hydrogen-bond acceptors (Lipinski definition) is 9. The van der Waals surface area contributed by atoms with E-state index in [9.17, 15) is 9.90 Å². The Labute approximate surface area is 227 Å². The molecule has 0 unspecified atom stereocenters. The maximum atomic E-state index is 11.7. The number of β-amino-alcohol motifs (C(OH)–C–C–N with tert-alkyl or cyclic N) is 1. The van der Waals surface area contributed by atoms with Gasteiger partial charge in [-0.05, 0) is 38.1 Å². The van der Waals surface area contributed by atoms with Crippen molar-refractivity contribution in [3.63, 3.8) is 0 Å². The maximum absolute atomic E-state index is 11.7. The van der Waals surface area contributed by atoms with Crippen LogP contribution in [0.4, 0.5) is 23.1 Å². The molecule has 200 valence electrons. The predicted octanol–water partition coefficient (Wildman–Crippen LogP) is 3.85. The van der Waals surface area contributed by atoms with Crippen molar-refractivity contribution in [2.75, 3.05) is 48.3 Å². The van der Waals surface area contributed by atoms with Crippen molar-refractivity contribution in [2.45, 2.75) is 19.4 Å². The fourth-order valence-electron chi connectivity index (χ4n) is 4.66. The highest BCUT2D eigenvalue weighted by Crippen LogP contribution is 2.29. The highest BCUT2D eigenvalue weighted by Gasteiger charge is 2.23. The van der Waals surface area contributed by atoms with E-state index in [0.29, 0.717) is 18.2 Å². The Morgan fingerprint density at radius 2 is 1.87 bits per heavy atom. The Morgan fingerprint density at radius 1 is 1.05 bits per heavy atom. The molecule has 0 atom stereocenters. The van der Waals surface area contributed by atoms with Crippen molar-refractivity contribution < 1.29 is 9.90 Å². The lowest BCUT2D eigenvalue weighted by molar-refractivity contribution is -0.111. The van der Waals surface area contributed by atoms with E-state index < -0.39 is 5.60 Å². The van der Waals surface area contributed by atoms with Crippen LogP contribution in [-0.2, 0) is 4.79 Å². The smallest absolute Gasteiger partial charge is 0.247 e. The second kappa shape index (κ2) is 11.1. The fourth-order valence-corrected chi connectivity index (χ4v) is 4.66. The molecule has 1 aliphatic heterocycles. The number of anilines is 4. The van der Waals surface area contributed by atoms with Gasteiger partial charge < -0.3 is 20.6 Å². The van der Waals surface area contributed by atoms with Gasteiger partial charge in [-0.1, -0.05) is 24.8 Å². The standard InChI is InChI=1S/C29H32N8O2/c1-4-26(38)33-23-14-21(15-30-17-23)24-7-5-6-20-16-32-28(35-27(20)24)34-22-8-9-25(31-18-22)37-12-10-36(11-13-37)19-29(2,3)39/h4-9,14-18,39H,1,10-13,19H2,2-3H3,(H,33,38)(H,32,34,35). The Morgan fingerprint density at radius 3 is 2.59 bits per heavy atom. The molecule has 4 heterocycles. The first kappa shape index (κ1) is 26.2. The average molecular weight is 525 g/mol. The van der Waals surface area contributed by atoms with Crippen LogP contribution in [-0.4, -0.2) is 74.2 Å². The molecular formula is C29H32N8O2. The molecule has 0 bridgehead atoms. The number of nitrogens with zero attached hydrogens (tertiary/aromatic N) is 6. The van der Waals surface area contributed by atoms with E-state index in [1.54, 1.807) is 24.8 Å². The average Bonchev–Trinajstić information content (AvgIpc) is 2.93. The van der Waals surface area contributed by atoms with E-state index in [1.807, 2.05) is 50.2 Å². The van der Waals surface area contributed by atoms with Crippen LogP contribution in [0.1, 0.15) is 13.8 Å². The number of pyridine rings is 2. The van der Waals surface area contributed by atoms with Gasteiger partial charge in [0.2, 0.25) is 11.9 Å². The molecule has 1 amide bonds. The Hall–Kier alpha value is -4.41. The molecule has 10 nitrogen and oxygen atoms in total. The summed E-state index contributed by atoms with van der Waals surface area (Å²) in [7, 11) is 0. The van der Waals surface area contributed by atoms with E-state index in [1.165, 1.54) is 6.08 Å².